The first-order chi connectivity index (χ1) is 9.22. The van der Waals surface area contributed by atoms with Crippen LogP contribution in [-0.2, 0) is 0 Å². The zero-order valence-corrected chi connectivity index (χ0v) is 16.2. The molecule has 4 heteroatoms. The quantitative estimate of drug-likeness (QED) is 0.433. The van der Waals surface area contributed by atoms with Crippen molar-refractivity contribution in [3.63, 3.8) is 0 Å². The third-order valence-corrected chi connectivity index (χ3v) is 20.8. The first-order valence-electron chi connectivity index (χ1n) is 7.63. The Balaban J connectivity index is 3.00. The van der Waals surface area contributed by atoms with Gasteiger partial charge in [0.15, 0.2) is 0 Å². The molecule has 108 valence electrons. The number of nitrogens with zero attached hydrogens (tertiary/aromatic N) is 1. The molecule has 1 aromatic heterocycles. The molecule has 0 atom stereocenters. The molecule has 0 fully saturated rings. The van der Waals surface area contributed by atoms with E-state index in [0.717, 1.165) is 6.29 Å². The van der Waals surface area contributed by atoms with Crippen LogP contribution in [0.15, 0.2) is 5.38 Å². The second-order valence-corrected chi connectivity index (χ2v) is 19.4. The number of aldehydes is 1. The molecule has 0 unspecified atom stereocenters. The van der Waals surface area contributed by atoms with E-state index in [-0.39, 0.29) is 0 Å². The first kappa shape index (κ1) is 17.2. The predicted octanol–water partition coefficient (Wildman–Crippen LogP) is 4.62. The summed E-state index contributed by atoms with van der Waals surface area (Å²) >= 11 is -0.784. The number of hydrogen-bond donors (Lipinski definition) is 0. The topological polar surface area (TPSA) is 30.0 Å². The molecule has 0 saturated carbocycles. The molecule has 19 heavy (non-hydrogen) atoms. The van der Waals surface area contributed by atoms with Gasteiger partial charge in [-0.1, -0.05) is 0 Å². The van der Waals surface area contributed by atoms with Crippen LogP contribution in [-0.4, -0.2) is 29.6 Å². The fraction of sp³-hybridized carbons (Fsp3) is 0.733. The van der Waals surface area contributed by atoms with Crippen LogP contribution in [0.4, 0.5) is 0 Å². The fourth-order valence-corrected chi connectivity index (χ4v) is 20.4. The van der Waals surface area contributed by atoms with Crippen molar-refractivity contribution >= 4 is 39.7 Å². The number of hydrogen-bond acceptors (Lipinski definition) is 3. The summed E-state index contributed by atoms with van der Waals surface area (Å²) in [6, 6.07) is 0. The van der Waals surface area contributed by atoms with Crippen LogP contribution >= 0.6 is 11.3 Å². The van der Waals surface area contributed by atoms with Crippen molar-refractivity contribution in [1.29, 1.82) is 0 Å². The van der Waals surface area contributed by atoms with Crippen LogP contribution in [0.5, 0.6) is 0 Å². The number of thiazole rings is 1. The summed E-state index contributed by atoms with van der Waals surface area (Å²) in [5, 5.41) is 2.89. The van der Waals surface area contributed by atoms with E-state index in [1.807, 2.05) is 0 Å². The van der Waals surface area contributed by atoms with Crippen LogP contribution in [0.25, 0.3) is 0 Å². The molecule has 0 aliphatic carbocycles. The molecule has 1 rings (SSSR count). The maximum absolute atomic E-state index is 10.9. The van der Waals surface area contributed by atoms with E-state index in [9.17, 15) is 4.79 Å². The molecule has 0 aromatic carbocycles. The summed E-state index contributed by atoms with van der Waals surface area (Å²) < 4.78 is 5.61. The van der Waals surface area contributed by atoms with Crippen molar-refractivity contribution in [2.75, 3.05) is 0 Å². The average Bonchev–Trinajstić information content (AvgIpc) is 2.91. The molecule has 0 aliphatic heterocycles. The summed E-state index contributed by atoms with van der Waals surface area (Å²) in [5.41, 5.74) is 0. The van der Waals surface area contributed by atoms with Gasteiger partial charge in [0, 0.05) is 0 Å². The normalized spacial score (nSPS) is 11.7. The standard InChI is InChI=1S/C4H2NOS.2C4H9.C3H7.Sn/c6-3-4-5-1-2-7-4;2*1-3-4-2;1-3-2;/h2-3H;2*1,3-4H2,2H3;1,3H2,2H3;. The Morgan fingerprint density at radius 3 is 2.16 bits per heavy atom. The van der Waals surface area contributed by atoms with Gasteiger partial charge in [-0.3, -0.25) is 0 Å². The molecular formula is C15H27NOSSn. The van der Waals surface area contributed by atoms with Crippen LogP contribution in [0, 0.1) is 0 Å². The van der Waals surface area contributed by atoms with Crippen LogP contribution in [0.2, 0.25) is 13.3 Å². The molecule has 0 N–H and O–H groups in total. The zero-order chi connectivity index (χ0) is 14.1. The summed E-state index contributed by atoms with van der Waals surface area (Å²) in [6.45, 7) is 6.86. The first-order valence-corrected chi connectivity index (χ1v) is 16.0. The van der Waals surface area contributed by atoms with Crippen molar-refractivity contribution in [3.05, 3.63) is 10.4 Å². The molecule has 0 aliphatic rings. The van der Waals surface area contributed by atoms with Gasteiger partial charge in [-0.15, -0.1) is 0 Å². The third kappa shape index (κ3) is 4.85. The molecule has 0 radical (unpaired) electrons. The monoisotopic (exact) mass is 389 g/mol. The number of aromatic nitrogens is 1. The van der Waals surface area contributed by atoms with E-state index in [4.69, 9.17) is 0 Å². The summed E-state index contributed by atoms with van der Waals surface area (Å²) in [4.78, 5) is 15.6. The van der Waals surface area contributed by atoms with Gasteiger partial charge in [0.05, 0.1) is 0 Å². The Labute approximate surface area is 125 Å². The van der Waals surface area contributed by atoms with Crippen molar-refractivity contribution in [1.82, 2.24) is 4.98 Å². The van der Waals surface area contributed by atoms with Gasteiger partial charge in [0.1, 0.15) is 0 Å². The van der Waals surface area contributed by atoms with Gasteiger partial charge in [0.25, 0.3) is 0 Å². The molecule has 2 nitrogen and oxygen atoms in total. The number of carbonyl (C=O) groups is 1. The van der Waals surface area contributed by atoms with E-state index in [1.165, 1.54) is 49.1 Å². The molecular weight excluding hydrogens is 361 g/mol. The third-order valence-electron chi connectivity index (χ3n) is 3.91. The summed E-state index contributed by atoms with van der Waals surface area (Å²) in [5.74, 6) is 0. The average molecular weight is 388 g/mol. The van der Waals surface area contributed by atoms with Gasteiger partial charge in [-0.2, -0.15) is 0 Å². The predicted molar refractivity (Wildman–Crippen MR) is 87.4 cm³/mol. The molecule has 0 spiro atoms. The van der Waals surface area contributed by atoms with Crippen LogP contribution in [0.3, 0.4) is 0 Å². The zero-order valence-electron chi connectivity index (χ0n) is 12.6. The van der Waals surface area contributed by atoms with Gasteiger partial charge in [0.2, 0.25) is 0 Å². The van der Waals surface area contributed by atoms with E-state index < -0.39 is 18.4 Å². The number of carbonyl (C=O) groups excluding carboxylic acids is 1. The minimum atomic E-state index is -2.33. The Kier molecular flexibility index (Phi) is 8.22. The molecule has 0 saturated heterocycles. The van der Waals surface area contributed by atoms with Gasteiger partial charge >= 0.3 is 126 Å². The Morgan fingerprint density at radius 1 is 1.11 bits per heavy atom. The fourth-order valence-electron chi connectivity index (χ4n) is 2.85. The van der Waals surface area contributed by atoms with E-state index >= 15 is 0 Å². The Morgan fingerprint density at radius 2 is 1.74 bits per heavy atom. The second-order valence-electron chi connectivity index (χ2n) is 5.43. The Hall–Kier alpha value is 0.0987. The van der Waals surface area contributed by atoms with E-state index in [2.05, 4.69) is 31.1 Å². The molecule has 0 bridgehead atoms. The molecule has 1 aromatic rings. The van der Waals surface area contributed by atoms with Gasteiger partial charge in [-0.25, -0.2) is 0 Å². The van der Waals surface area contributed by atoms with Crippen molar-refractivity contribution < 1.29 is 4.79 Å². The second kappa shape index (κ2) is 9.11. The summed E-state index contributed by atoms with van der Waals surface area (Å²) in [7, 11) is 0. The number of unbranched alkanes of at least 4 members (excludes halogenated alkanes) is 2. The molecule has 0 amide bonds. The summed E-state index contributed by atoms with van der Waals surface area (Å²) in [6.07, 6.45) is 7.42. The minimum absolute atomic E-state index is 0.681. The van der Waals surface area contributed by atoms with Gasteiger partial charge < -0.3 is 0 Å². The SMILES string of the molecule is CCC[CH2][Sn]([CH2]CC)([CH2]CCC)[c]1csc(C=O)n1. The van der Waals surface area contributed by atoms with Gasteiger partial charge in [-0.05, 0) is 0 Å². The van der Waals surface area contributed by atoms with Crippen molar-refractivity contribution in [2.24, 2.45) is 0 Å². The van der Waals surface area contributed by atoms with E-state index in [0.29, 0.717) is 5.01 Å². The molecule has 1 heterocycles. The van der Waals surface area contributed by atoms with Crippen LogP contribution in [0.1, 0.15) is 62.7 Å². The van der Waals surface area contributed by atoms with Crippen molar-refractivity contribution in [3.8, 4) is 0 Å². The maximum atomic E-state index is 10.9. The van der Waals surface area contributed by atoms with Crippen LogP contribution < -0.4 is 3.71 Å². The number of rotatable bonds is 10. The van der Waals surface area contributed by atoms with Crippen molar-refractivity contribution in [2.45, 2.75) is 66.2 Å². The van der Waals surface area contributed by atoms with E-state index in [1.54, 1.807) is 11.3 Å². The Bertz CT molecular complexity index is 370.